The average molecular weight is 189 g/mol. The van der Waals surface area contributed by atoms with Crippen LogP contribution in [0.3, 0.4) is 0 Å². The molecule has 48 valence electrons. The normalized spacial score (nSPS) is 9.44. The van der Waals surface area contributed by atoms with E-state index in [0.717, 1.165) is 0 Å². The van der Waals surface area contributed by atoms with E-state index in [1.807, 2.05) is 0 Å². The summed E-state index contributed by atoms with van der Waals surface area (Å²) in [6, 6.07) is 0. The van der Waals surface area contributed by atoms with Gasteiger partial charge in [-0.2, -0.15) is 0 Å². The van der Waals surface area contributed by atoms with E-state index in [1.54, 1.807) is 0 Å². The second-order valence-electron chi connectivity index (χ2n) is 1.46. The Labute approximate surface area is 60.4 Å². The lowest BCUT2D eigenvalue weighted by Crippen LogP contribution is -1.97. The molecule has 1 heterocycles. The van der Waals surface area contributed by atoms with Crippen LogP contribution in [0.4, 0.5) is 11.6 Å². The number of nitrogens with zero attached hydrogens (tertiary/aromatic N) is 2. The fraction of sp³-hybridized carbons (Fsp3) is 0. The molecule has 1 rings (SSSR count). The van der Waals surface area contributed by atoms with Crippen LogP contribution in [0.1, 0.15) is 0 Å². The number of nitrogens with two attached hydrogens (primary N) is 2. The smallest absolute Gasteiger partial charge is 0.143 e. The second-order valence-corrected chi connectivity index (χ2v) is 2.25. The zero-order valence-electron chi connectivity index (χ0n) is 4.50. The highest BCUT2D eigenvalue weighted by Crippen LogP contribution is 2.20. The molecule has 0 amide bonds. The van der Waals surface area contributed by atoms with Crippen molar-refractivity contribution < 1.29 is 0 Å². The molecule has 0 aromatic carbocycles. The van der Waals surface area contributed by atoms with Crippen molar-refractivity contribution in [1.29, 1.82) is 0 Å². The van der Waals surface area contributed by atoms with Gasteiger partial charge in [0.1, 0.15) is 22.4 Å². The third-order valence-electron chi connectivity index (χ3n) is 0.843. The molecule has 4 N–H and O–H groups in total. The molecule has 5 heteroatoms. The van der Waals surface area contributed by atoms with E-state index >= 15 is 0 Å². The molecule has 1 aromatic heterocycles. The van der Waals surface area contributed by atoms with Gasteiger partial charge in [0.15, 0.2) is 0 Å². The Morgan fingerprint density at radius 2 is 1.67 bits per heavy atom. The summed E-state index contributed by atoms with van der Waals surface area (Å²) in [5, 5.41) is 0. The zero-order chi connectivity index (χ0) is 6.85. The van der Waals surface area contributed by atoms with Crippen molar-refractivity contribution in [3.05, 3.63) is 10.8 Å². The van der Waals surface area contributed by atoms with Gasteiger partial charge in [-0.25, -0.2) is 9.97 Å². The van der Waals surface area contributed by atoms with Crippen LogP contribution in [0, 0.1) is 0 Å². The fourth-order valence-electron chi connectivity index (χ4n) is 0.398. The van der Waals surface area contributed by atoms with Crippen molar-refractivity contribution >= 4 is 27.6 Å². The first-order valence-corrected chi connectivity index (χ1v) is 3.02. The van der Waals surface area contributed by atoms with Crippen LogP contribution in [0.2, 0.25) is 0 Å². The molecule has 0 atom stereocenters. The minimum Gasteiger partial charge on any atom is -0.383 e. The van der Waals surface area contributed by atoms with E-state index in [1.165, 1.54) is 6.33 Å². The Hall–Kier alpha value is -0.840. The molecule has 1 aromatic rings. The largest absolute Gasteiger partial charge is 0.383 e. The van der Waals surface area contributed by atoms with E-state index in [0.29, 0.717) is 16.1 Å². The van der Waals surface area contributed by atoms with E-state index < -0.39 is 0 Å². The first-order chi connectivity index (χ1) is 4.22. The first-order valence-electron chi connectivity index (χ1n) is 2.23. The molecule has 9 heavy (non-hydrogen) atoms. The Kier molecular flexibility index (Phi) is 1.52. The van der Waals surface area contributed by atoms with E-state index in [4.69, 9.17) is 11.5 Å². The third-order valence-corrected chi connectivity index (χ3v) is 1.66. The zero-order valence-corrected chi connectivity index (χ0v) is 6.09. The molecule has 4 nitrogen and oxygen atoms in total. The van der Waals surface area contributed by atoms with Gasteiger partial charge in [0.2, 0.25) is 0 Å². The summed E-state index contributed by atoms with van der Waals surface area (Å²) in [4.78, 5) is 7.36. The maximum atomic E-state index is 5.34. The van der Waals surface area contributed by atoms with Crippen molar-refractivity contribution in [2.75, 3.05) is 11.5 Å². The van der Waals surface area contributed by atoms with Crippen LogP contribution >= 0.6 is 15.9 Å². The SMILES string of the molecule is Nc1ncnc(N)c1Br. The molecule has 0 saturated heterocycles. The third kappa shape index (κ3) is 1.10. The van der Waals surface area contributed by atoms with Crippen molar-refractivity contribution in [3.8, 4) is 0 Å². The number of hydrogen-bond donors (Lipinski definition) is 2. The molecule has 0 unspecified atom stereocenters. The lowest BCUT2D eigenvalue weighted by atomic mass is 10.5. The maximum absolute atomic E-state index is 5.34. The number of nitrogen functional groups attached to an aromatic ring is 2. The highest BCUT2D eigenvalue weighted by Gasteiger charge is 1.98. The van der Waals surface area contributed by atoms with Crippen LogP contribution in [-0.2, 0) is 0 Å². The summed E-state index contributed by atoms with van der Waals surface area (Å²) < 4.78 is 0.560. The van der Waals surface area contributed by atoms with Crippen LogP contribution in [-0.4, -0.2) is 9.97 Å². The standard InChI is InChI=1S/C4H5BrN4/c5-2-3(6)8-1-9-4(2)7/h1H,(H4,6,7,8,9). The van der Waals surface area contributed by atoms with Gasteiger partial charge >= 0.3 is 0 Å². The van der Waals surface area contributed by atoms with Gasteiger partial charge in [0.25, 0.3) is 0 Å². The highest BCUT2D eigenvalue weighted by atomic mass is 79.9. The second kappa shape index (κ2) is 2.18. The van der Waals surface area contributed by atoms with Crippen LogP contribution in [0.15, 0.2) is 10.8 Å². The van der Waals surface area contributed by atoms with Crippen molar-refractivity contribution in [1.82, 2.24) is 9.97 Å². The van der Waals surface area contributed by atoms with Crippen LogP contribution in [0.5, 0.6) is 0 Å². The Morgan fingerprint density at radius 3 is 2.00 bits per heavy atom. The molecular formula is C4H5BrN4. The van der Waals surface area contributed by atoms with Gasteiger partial charge in [-0.1, -0.05) is 0 Å². The Morgan fingerprint density at radius 1 is 1.22 bits per heavy atom. The molecule has 0 aliphatic rings. The number of hydrogen-bond acceptors (Lipinski definition) is 4. The van der Waals surface area contributed by atoms with Gasteiger partial charge in [-0.15, -0.1) is 0 Å². The van der Waals surface area contributed by atoms with E-state index in [2.05, 4.69) is 25.9 Å². The van der Waals surface area contributed by atoms with Gasteiger partial charge in [0.05, 0.1) is 0 Å². The summed E-state index contributed by atoms with van der Waals surface area (Å²) in [6.07, 6.45) is 1.31. The monoisotopic (exact) mass is 188 g/mol. The molecular weight excluding hydrogens is 184 g/mol. The molecule has 0 spiro atoms. The van der Waals surface area contributed by atoms with Crippen LogP contribution < -0.4 is 11.5 Å². The Balaban J connectivity index is 3.25. The number of aromatic nitrogens is 2. The van der Waals surface area contributed by atoms with Gasteiger partial charge < -0.3 is 11.5 Å². The Bertz CT molecular complexity index is 204. The predicted molar refractivity (Wildman–Crippen MR) is 38.6 cm³/mol. The minimum atomic E-state index is 0.363. The lowest BCUT2D eigenvalue weighted by Gasteiger charge is -1.96. The quantitative estimate of drug-likeness (QED) is 0.619. The maximum Gasteiger partial charge on any atom is 0.143 e. The summed E-state index contributed by atoms with van der Waals surface area (Å²) in [6.45, 7) is 0. The first kappa shape index (κ1) is 6.28. The van der Waals surface area contributed by atoms with Crippen LogP contribution in [0.25, 0.3) is 0 Å². The molecule has 0 fully saturated rings. The molecule has 0 bridgehead atoms. The average Bonchev–Trinajstić information content (AvgIpc) is 1.83. The van der Waals surface area contributed by atoms with E-state index in [9.17, 15) is 0 Å². The highest BCUT2D eigenvalue weighted by molar-refractivity contribution is 9.10. The molecule has 0 saturated carbocycles. The topological polar surface area (TPSA) is 77.8 Å². The number of anilines is 2. The summed E-state index contributed by atoms with van der Waals surface area (Å²) in [5.41, 5.74) is 10.7. The summed E-state index contributed by atoms with van der Waals surface area (Å²) >= 11 is 3.10. The minimum absolute atomic E-state index is 0.363. The molecule has 0 aliphatic carbocycles. The number of halogens is 1. The van der Waals surface area contributed by atoms with Gasteiger partial charge in [-0.3, -0.25) is 0 Å². The van der Waals surface area contributed by atoms with Crippen molar-refractivity contribution in [2.24, 2.45) is 0 Å². The summed E-state index contributed by atoms with van der Waals surface area (Å²) in [7, 11) is 0. The van der Waals surface area contributed by atoms with Gasteiger partial charge in [0, 0.05) is 0 Å². The molecule has 0 radical (unpaired) electrons. The fourth-order valence-corrected chi connectivity index (χ4v) is 0.603. The van der Waals surface area contributed by atoms with E-state index in [-0.39, 0.29) is 0 Å². The predicted octanol–water partition coefficient (Wildman–Crippen LogP) is 0.404. The molecule has 0 aliphatic heterocycles. The lowest BCUT2D eigenvalue weighted by molar-refractivity contribution is 1.17. The van der Waals surface area contributed by atoms with Crippen molar-refractivity contribution in [3.63, 3.8) is 0 Å². The van der Waals surface area contributed by atoms with Gasteiger partial charge in [-0.05, 0) is 15.9 Å². The summed E-state index contributed by atoms with van der Waals surface area (Å²) in [5.74, 6) is 0.727. The van der Waals surface area contributed by atoms with Crippen molar-refractivity contribution in [2.45, 2.75) is 0 Å². The number of rotatable bonds is 0.